The molecule has 0 aromatic carbocycles. The van der Waals surface area contributed by atoms with Crippen molar-refractivity contribution < 1.29 is 4.79 Å². The largest absolute Gasteiger partial charge is 0.354 e. The first-order valence-electron chi connectivity index (χ1n) is 5.17. The van der Waals surface area contributed by atoms with E-state index in [0.717, 1.165) is 19.4 Å². The van der Waals surface area contributed by atoms with E-state index in [4.69, 9.17) is 5.73 Å². The zero-order valence-corrected chi connectivity index (χ0v) is 8.23. The highest BCUT2D eigenvalue weighted by Crippen LogP contribution is 2.48. The van der Waals surface area contributed by atoms with Crippen LogP contribution in [0.2, 0.25) is 0 Å². The second-order valence-corrected chi connectivity index (χ2v) is 4.69. The summed E-state index contributed by atoms with van der Waals surface area (Å²) in [4.78, 5) is 11.5. The summed E-state index contributed by atoms with van der Waals surface area (Å²) in [6, 6.07) is 0. The minimum atomic E-state index is -0.496. The number of hydrogen-bond donors (Lipinski definition) is 2. The number of amides is 1. The van der Waals surface area contributed by atoms with Crippen LogP contribution < -0.4 is 11.1 Å². The van der Waals surface area contributed by atoms with Gasteiger partial charge < -0.3 is 11.1 Å². The van der Waals surface area contributed by atoms with Crippen molar-refractivity contribution in [2.75, 3.05) is 6.54 Å². The molecule has 2 fully saturated rings. The number of hydrogen-bond acceptors (Lipinski definition) is 2. The predicted octanol–water partition coefficient (Wildman–Crippen LogP) is 0.784. The molecule has 74 valence electrons. The third-order valence-electron chi connectivity index (χ3n) is 3.57. The fourth-order valence-corrected chi connectivity index (χ4v) is 1.64. The van der Waals surface area contributed by atoms with Gasteiger partial charge in [-0.1, -0.05) is 6.92 Å². The molecule has 2 saturated carbocycles. The Labute approximate surface area is 79.1 Å². The molecule has 0 saturated heterocycles. The highest BCUT2D eigenvalue weighted by atomic mass is 16.2. The molecule has 0 aromatic heterocycles. The average Bonchev–Trinajstić information content (AvgIpc) is 2.99. The number of carbonyl (C=O) groups excluding carboxylic acids is 1. The molecule has 0 bridgehead atoms. The summed E-state index contributed by atoms with van der Waals surface area (Å²) in [6.45, 7) is 3.02. The Balaban J connectivity index is 1.76. The highest BCUT2D eigenvalue weighted by Gasteiger charge is 2.47. The molecule has 3 N–H and O–H groups in total. The van der Waals surface area contributed by atoms with Crippen LogP contribution in [-0.2, 0) is 4.79 Å². The molecule has 0 atom stereocenters. The summed E-state index contributed by atoms with van der Waals surface area (Å²) in [5.74, 6) is 0.0622. The molecule has 0 aliphatic heterocycles. The topological polar surface area (TPSA) is 55.1 Å². The minimum Gasteiger partial charge on any atom is -0.354 e. The molecule has 1 amide bonds. The second-order valence-electron chi connectivity index (χ2n) is 4.69. The lowest BCUT2D eigenvalue weighted by molar-refractivity contribution is -0.123. The monoisotopic (exact) mass is 182 g/mol. The third-order valence-corrected chi connectivity index (χ3v) is 3.57. The summed E-state index contributed by atoms with van der Waals surface area (Å²) in [7, 11) is 0. The van der Waals surface area contributed by atoms with Crippen LogP contribution in [0.1, 0.15) is 39.0 Å². The standard InChI is InChI=1S/C10H18N2O/c1-2-9(3-4-9)7-12-8(13)10(11)5-6-10/h2-7,11H2,1H3,(H,12,13). The van der Waals surface area contributed by atoms with E-state index in [9.17, 15) is 4.79 Å². The van der Waals surface area contributed by atoms with Gasteiger partial charge in [0.25, 0.3) is 0 Å². The van der Waals surface area contributed by atoms with E-state index in [-0.39, 0.29) is 5.91 Å². The van der Waals surface area contributed by atoms with Crippen LogP contribution in [0.15, 0.2) is 0 Å². The maximum absolute atomic E-state index is 11.5. The lowest BCUT2D eigenvalue weighted by Crippen LogP contribution is -2.44. The summed E-state index contributed by atoms with van der Waals surface area (Å²) in [5, 5.41) is 2.97. The fraction of sp³-hybridized carbons (Fsp3) is 0.900. The van der Waals surface area contributed by atoms with Gasteiger partial charge >= 0.3 is 0 Å². The minimum absolute atomic E-state index is 0.0622. The van der Waals surface area contributed by atoms with Crippen LogP contribution in [-0.4, -0.2) is 18.0 Å². The van der Waals surface area contributed by atoms with Crippen molar-refractivity contribution in [3.05, 3.63) is 0 Å². The fourth-order valence-electron chi connectivity index (χ4n) is 1.64. The molecule has 3 heteroatoms. The molecular weight excluding hydrogens is 164 g/mol. The third kappa shape index (κ3) is 1.70. The maximum Gasteiger partial charge on any atom is 0.240 e. The van der Waals surface area contributed by atoms with Crippen molar-refractivity contribution in [3.8, 4) is 0 Å². The van der Waals surface area contributed by atoms with Gasteiger partial charge in [0.05, 0.1) is 5.54 Å². The van der Waals surface area contributed by atoms with Crippen LogP contribution in [0, 0.1) is 5.41 Å². The number of nitrogens with one attached hydrogen (secondary N) is 1. The summed E-state index contributed by atoms with van der Waals surface area (Å²) in [5.41, 5.74) is 5.70. The molecule has 2 rings (SSSR count). The second kappa shape index (κ2) is 2.71. The molecule has 0 aromatic rings. The van der Waals surface area contributed by atoms with Crippen molar-refractivity contribution >= 4 is 5.91 Å². The van der Waals surface area contributed by atoms with Crippen molar-refractivity contribution in [2.24, 2.45) is 11.1 Å². The van der Waals surface area contributed by atoms with Gasteiger partial charge in [0.15, 0.2) is 0 Å². The van der Waals surface area contributed by atoms with Crippen LogP contribution in [0.5, 0.6) is 0 Å². The number of rotatable bonds is 4. The summed E-state index contributed by atoms with van der Waals surface area (Å²) >= 11 is 0. The Morgan fingerprint density at radius 2 is 2.00 bits per heavy atom. The van der Waals surface area contributed by atoms with Crippen molar-refractivity contribution in [3.63, 3.8) is 0 Å². The van der Waals surface area contributed by atoms with Crippen LogP contribution in [0.4, 0.5) is 0 Å². The Hall–Kier alpha value is -0.570. The van der Waals surface area contributed by atoms with Gasteiger partial charge in [0, 0.05) is 6.54 Å². The van der Waals surface area contributed by atoms with Gasteiger partial charge in [0.2, 0.25) is 5.91 Å². The van der Waals surface area contributed by atoms with Crippen LogP contribution in [0.25, 0.3) is 0 Å². The summed E-state index contributed by atoms with van der Waals surface area (Å²) < 4.78 is 0. The van der Waals surface area contributed by atoms with Gasteiger partial charge in [-0.25, -0.2) is 0 Å². The number of carbonyl (C=O) groups is 1. The lowest BCUT2D eigenvalue weighted by atomic mass is 10.0. The van der Waals surface area contributed by atoms with Gasteiger partial charge in [-0.2, -0.15) is 0 Å². The Bertz CT molecular complexity index is 229. The van der Waals surface area contributed by atoms with E-state index in [2.05, 4.69) is 12.2 Å². The Kier molecular flexibility index (Phi) is 1.88. The first-order chi connectivity index (χ1) is 6.10. The molecule has 0 spiro atoms. The van der Waals surface area contributed by atoms with E-state index >= 15 is 0 Å². The molecule has 0 heterocycles. The Morgan fingerprint density at radius 3 is 2.38 bits per heavy atom. The first-order valence-corrected chi connectivity index (χ1v) is 5.17. The van der Waals surface area contributed by atoms with E-state index in [1.165, 1.54) is 19.3 Å². The molecule has 3 nitrogen and oxygen atoms in total. The molecular formula is C10H18N2O. The van der Waals surface area contributed by atoms with Gasteiger partial charge in [0.1, 0.15) is 0 Å². The molecule has 2 aliphatic rings. The molecule has 13 heavy (non-hydrogen) atoms. The lowest BCUT2D eigenvalue weighted by Gasteiger charge is -2.15. The summed E-state index contributed by atoms with van der Waals surface area (Å²) in [6.07, 6.45) is 5.42. The maximum atomic E-state index is 11.5. The smallest absolute Gasteiger partial charge is 0.240 e. The van der Waals surface area contributed by atoms with E-state index in [1.807, 2.05) is 0 Å². The first kappa shape index (κ1) is 9.00. The predicted molar refractivity (Wildman–Crippen MR) is 51.1 cm³/mol. The van der Waals surface area contributed by atoms with Gasteiger partial charge in [-0.15, -0.1) is 0 Å². The van der Waals surface area contributed by atoms with Crippen molar-refractivity contribution in [1.82, 2.24) is 5.32 Å². The average molecular weight is 182 g/mol. The Morgan fingerprint density at radius 1 is 1.38 bits per heavy atom. The van der Waals surface area contributed by atoms with Crippen molar-refractivity contribution in [2.45, 2.75) is 44.6 Å². The highest BCUT2D eigenvalue weighted by molar-refractivity contribution is 5.89. The zero-order chi connectivity index (χ0) is 9.53. The van der Waals surface area contributed by atoms with Crippen LogP contribution >= 0.6 is 0 Å². The normalized spacial score (nSPS) is 26.6. The van der Waals surface area contributed by atoms with Gasteiger partial charge in [-0.05, 0) is 37.5 Å². The molecule has 0 radical (unpaired) electrons. The quantitative estimate of drug-likeness (QED) is 0.675. The van der Waals surface area contributed by atoms with E-state index < -0.39 is 5.54 Å². The van der Waals surface area contributed by atoms with Crippen molar-refractivity contribution in [1.29, 1.82) is 0 Å². The zero-order valence-electron chi connectivity index (χ0n) is 8.23. The van der Waals surface area contributed by atoms with Crippen LogP contribution in [0.3, 0.4) is 0 Å². The van der Waals surface area contributed by atoms with E-state index in [1.54, 1.807) is 0 Å². The van der Waals surface area contributed by atoms with Gasteiger partial charge in [-0.3, -0.25) is 4.79 Å². The number of nitrogens with two attached hydrogens (primary N) is 1. The SMILES string of the molecule is CCC1(CNC(=O)C2(N)CC2)CC1. The molecule has 0 unspecified atom stereocenters. The molecule has 2 aliphatic carbocycles. The van der Waals surface area contributed by atoms with E-state index in [0.29, 0.717) is 5.41 Å².